The fourth-order valence-electron chi connectivity index (χ4n) is 2.85. The van der Waals surface area contributed by atoms with Gasteiger partial charge in [0.15, 0.2) is 0 Å². The van der Waals surface area contributed by atoms with Crippen LogP contribution in [-0.4, -0.2) is 16.3 Å². The topological polar surface area (TPSA) is 29.9 Å². The molecule has 21 heavy (non-hydrogen) atoms. The molecule has 1 N–H and O–H groups in total. The summed E-state index contributed by atoms with van der Waals surface area (Å²) >= 11 is 1.87. The molecule has 0 saturated heterocycles. The van der Waals surface area contributed by atoms with Crippen molar-refractivity contribution in [3.05, 3.63) is 38.8 Å². The third-order valence-corrected chi connectivity index (χ3v) is 5.33. The highest BCUT2D eigenvalue weighted by molar-refractivity contribution is 7.10. The van der Waals surface area contributed by atoms with Crippen molar-refractivity contribution in [1.29, 1.82) is 0 Å². The second kappa shape index (κ2) is 7.23. The zero-order valence-electron chi connectivity index (χ0n) is 13.9. The maximum Gasteiger partial charge on any atom is 0.0628 e. The van der Waals surface area contributed by atoms with Gasteiger partial charge in [-0.05, 0) is 69.2 Å². The SMILES string of the molecule is CCCNC(CCc1c(C)nn(C)c1C)c1sccc1C. The zero-order valence-corrected chi connectivity index (χ0v) is 14.7. The Kier molecular flexibility index (Phi) is 5.59. The van der Waals surface area contributed by atoms with Gasteiger partial charge in [-0.25, -0.2) is 0 Å². The molecule has 4 heteroatoms. The normalized spacial score (nSPS) is 12.8. The molecule has 2 heterocycles. The number of nitrogens with one attached hydrogen (secondary N) is 1. The number of aromatic nitrogens is 2. The standard InChI is InChI=1S/C17H27N3S/c1-6-10-18-16(17-12(2)9-11-21-17)8-7-15-13(3)19-20(5)14(15)4/h9,11,16,18H,6-8,10H2,1-5H3. The van der Waals surface area contributed by atoms with E-state index in [0.29, 0.717) is 6.04 Å². The Morgan fingerprint density at radius 2 is 2.10 bits per heavy atom. The summed E-state index contributed by atoms with van der Waals surface area (Å²) < 4.78 is 2.00. The van der Waals surface area contributed by atoms with Crippen molar-refractivity contribution in [2.45, 2.75) is 53.0 Å². The third-order valence-electron chi connectivity index (χ3n) is 4.20. The number of thiophene rings is 1. The van der Waals surface area contributed by atoms with E-state index in [1.807, 2.05) is 23.1 Å². The average Bonchev–Trinajstić information content (AvgIpc) is 2.97. The van der Waals surface area contributed by atoms with Crippen molar-refractivity contribution in [1.82, 2.24) is 15.1 Å². The van der Waals surface area contributed by atoms with E-state index in [9.17, 15) is 0 Å². The number of hydrogen-bond acceptors (Lipinski definition) is 3. The molecule has 0 fully saturated rings. The van der Waals surface area contributed by atoms with Crippen molar-refractivity contribution in [3.63, 3.8) is 0 Å². The molecule has 1 unspecified atom stereocenters. The molecule has 0 spiro atoms. The van der Waals surface area contributed by atoms with Crippen LogP contribution in [0.15, 0.2) is 11.4 Å². The molecule has 0 bridgehead atoms. The van der Waals surface area contributed by atoms with Gasteiger partial charge in [0, 0.05) is 23.7 Å². The van der Waals surface area contributed by atoms with E-state index >= 15 is 0 Å². The van der Waals surface area contributed by atoms with Gasteiger partial charge in [0.25, 0.3) is 0 Å². The summed E-state index contributed by atoms with van der Waals surface area (Å²) in [5.74, 6) is 0. The molecule has 2 rings (SSSR count). The Labute approximate surface area is 132 Å². The van der Waals surface area contributed by atoms with E-state index in [4.69, 9.17) is 0 Å². The molecule has 0 aromatic carbocycles. The summed E-state index contributed by atoms with van der Waals surface area (Å²) in [6.07, 6.45) is 3.39. The first-order valence-corrected chi connectivity index (χ1v) is 8.69. The molecule has 0 saturated carbocycles. The minimum Gasteiger partial charge on any atom is -0.309 e. The minimum atomic E-state index is 0.462. The van der Waals surface area contributed by atoms with E-state index in [2.05, 4.69) is 49.6 Å². The molecule has 0 aliphatic carbocycles. The van der Waals surface area contributed by atoms with Crippen molar-refractivity contribution >= 4 is 11.3 Å². The number of aryl methyl sites for hydroxylation is 3. The highest BCUT2D eigenvalue weighted by atomic mass is 32.1. The smallest absolute Gasteiger partial charge is 0.0628 e. The van der Waals surface area contributed by atoms with Crippen molar-refractivity contribution < 1.29 is 0 Å². The molecular formula is C17H27N3S. The van der Waals surface area contributed by atoms with Gasteiger partial charge in [0.05, 0.1) is 5.69 Å². The predicted molar refractivity (Wildman–Crippen MR) is 91.1 cm³/mol. The van der Waals surface area contributed by atoms with Gasteiger partial charge in [-0.15, -0.1) is 11.3 Å². The van der Waals surface area contributed by atoms with Gasteiger partial charge in [-0.2, -0.15) is 5.10 Å². The first kappa shape index (κ1) is 16.2. The Hall–Kier alpha value is -1.13. The van der Waals surface area contributed by atoms with Crippen LogP contribution >= 0.6 is 11.3 Å². The fourth-order valence-corrected chi connectivity index (χ4v) is 3.89. The fraction of sp³-hybridized carbons (Fsp3) is 0.588. The molecule has 0 aliphatic heterocycles. The summed E-state index contributed by atoms with van der Waals surface area (Å²) in [6.45, 7) is 9.80. The van der Waals surface area contributed by atoms with E-state index in [0.717, 1.165) is 19.4 Å². The van der Waals surface area contributed by atoms with Crippen LogP contribution < -0.4 is 5.32 Å². The second-order valence-corrected chi connectivity index (χ2v) is 6.73. The molecule has 116 valence electrons. The van der Waals surface area contributed by atoms with Crippen LogP contribution in [0.25, 0.3) is 0 Å². The lowest BCUT2D eigenvalue weighted by atomic mass is 10.0. The van der Waals surface area contributed by atoms with Crippen LogP contribution in [0.5, 0.6) is 0 Å². The van der Waals surface area contributed by atoms with Crippen molar-refractivity contribution in [2.75, 3.05) is 6.54 Å². The lowest BCUT2D eigenvalue weighted by Crippen LogP contribution is -2.22. The summed E-state index contributed by atoms with van der Waals surface area (Å²) in [7, 11) is 2.03. The molecule has 1 atom stereocenters. The number of hydrogen-bond donors (Lipinski definition) is 1. The van der Waals surface area contributed by atoms with E-state index in [-0.39, 0.29) is 0 Å². The first-order chi connectivity index (χ1) is 10.0. The molecule has 0 amide bonds. The Bertz CT molecular complexity index is 583. The van der Waals surface area contributed by atoms with Crippen LogP contribution in [0.2, 0.25) is 0 Å². The van der Waals surface area contributed by atoms with Crippen LogP contribution in [0.4, 0.5) is 0 Å². The Morgan fingerprint density at radius 3 is 2.62 bits per heavy atom. The Balaban J connectivity index is 2.10. The van der Waals surface area contributed by atoms with Crippen LogP contribution in [0.1, 0.15) is 53.2 Å². The highest BCUT2D eigenvalue weighted by Gasteiger charge is 2.17. The van der Waals surface area contributed by atoms with Crippen LogP contribution in [0.3, 0.4) is 0 Å². The van der Waals surface area contributed by atoms with Gasteiger partial charge in [-0.3, -0.25) is 4.68 Å². The van der Waals surface area contributed by atoms with Gasteiger partial charge >= 0.3 is 0 Å². The lowest BCUT2D eigenvalue weighted by molar-refractivity contribution is 0.503. The first-order valence-electron chi connectivity index (χ1n) is 7.81. The van der Waals surface area contributed by atoms with Gasteiger partial charge in [0.1, 0.15) is 0 Å². The van der Waals surface area contributed by atoms with Gasteiger partial charge in [-0.1, -0.05) is 6.92 Å². The predicted octanol–water partition coefficient (Wildman–Crippen LogP) is 4.08. The van der Waals surface area contributed by atoms with Crippen LogP contribution in [0, 0.1) is 20.8 Å². The summed E-state index contributed by atoms with van der Waals surface area (Å²) in [5, 5.41) is 10.4. The molecule has 3 nitrogen and oxygen atoms in total. The molecule has 2 aromatic rings. The zero-order chi connectivity index (χ0) is 15.4. The average molecular weight is 305 g/mol. The molecule has 0 radical (unpaired) electrons. The minimum absolute atomic E-state index is 0.462. The third kappa shape index (κ3) is 3.74. The van der Waals surface area contributed by atoms with E-state index < -0.39 is 0 Å². The second-order valence-electron chi connectivity index (χ2n) is 5.79. The lowest BCUT2D eigenvalue weighted by Gasteiger charge is -2.18. The van der Waals surface area contributed by atoms with Crippen molar-refractivity contribution in [2.24, 2.45) is 7.05 Å². The van der Waals surface area contributed by atoms with Gasteiger partial charge < -0.3 is 5.32 Å². The van der Waals surface area contributed by atoms with Gasteiger partial charge in [0.2, 0.25) is 0 Å². The molecular weight excluding hydrogens is 278 g/mol. The monoisotopic (exact) mass is 305 g/mol. The largest absolute Gasteiger partial charge is 0.309 e. The maximum absolute atomic E-state index is 4.53. The summed E-state index contributed by atoms with van der Waals surface area (Å²) in [6, 6.07) is 2.69. The van der Waals surface area contributed by atoms with E-state index in [1.54, 1.807) is 0 Å². The molecule has 2 aromatic heterocycles. The van der Waals surface area contributed by atoms with Crippen molar-refractivity contribution in [3.8, 4) is 0 Å². The quantitative estimate of drug-likeness (QED) is 0.835. The highest BCUT2D eigenvalue weighted by Crippen LogP contribution is 2.28. The van der Waals surface area contributed by atoms with E-state index in [1.165, 1.54) is 33.8 Å². The Morgan fingerprint density at radius 1 is 1.33 bits per heavy atom. The number of rotatable bonds is 7. The summed E-state index contributed by atoms with van der Waals surface area (Å²) in [5.41, 5.74) is 5.29. The molecule has 0 aliphatic rings. The maximum atomic E-state index is 4.53. The summed E-state index contributed by atoms with van der Waals surface area (Å²) in [4.78, 5) is 1.49. The van der Waals surface area contributed by atoms with Crippen LogP contribution in [-0.2, 0) is 13.5 Å². The number of nitrogens with zero attached hydrogens (tertiary/aromatic N) is 2.